The minimum absolute atomic E-state index is 0.0163. The number of likely N-dealkylation sites (tertiary alicyclic amines) is 2. The summed E-state index contributed by atoms with van der Waals surface area (Å²) < 4.78 is 5.92. The number of carbonyl (C=O) groups is 4. The topological polar surface area (TPSA) is 104 Å². The summed E-state index contributed by atoms with van der Waals surface area (Å²) in [5.74, 6) is -3.35. The van der Waals surface area contributed by atoms with Gasteiger partial charge in [0, 0.05) is 20.0 Å². The van der Waals surface area contributed by atoms with Crippen LogP contribution in [0.15, 0.2) is 23.8 Å². The van der Waals surface area contributed by atoms with E-state index in [1.165, 1.54) is 31.0 Å². The van der Waals surface area contributed by atoms with Crippen molar-refractivity contribution in [2.24, 2.45) is 29.6 Å². The third kappa shape index (κ3) is 2.72. The number of phenolic OH excluding ortho intramolecular Hbond substituents is 1. The van der Waals surface area contributed by atoms with Crippen LogP contribution >= 0.6 is 22.6 Å². The summed E-state index contributed by atoms with van der Waals surface area (Å²) in [5, 5.41) is 10.3. The fraction of sp³-hybridized carbons (Fsp3) is 0.478. The van der Waals surface area contributed by atoms with E-state index in [1.807, 2.05) is 28.7 Å². The summed E-state index contributed by atoms with van der Waals surface area (Å²) in [6, 6.07) is 3.51. The van der Waals surface area contributed by atoms with Gasteiger partial charge in [-0.1, -0.05) is 11.6 Å². The molecule has 0 radical (unpaired) electrons. The fourth-order valence-corrected chi connectivity index (χ4v) is 6.83. The number of aromatic hydroxyl groups is 1. The Morgan fingerprint density at radius 2 is 1.56 bits per heavy atom. The van der Waals surface area contributed by atoms with Crippen molar-refractivity contribution >= 4 is 46.2 Å². The smallest absolute Gasteiger partial charge is 0.233 e. The second-order valence-corrected chi connectivity index (χ2v) is 10.2. The molecule has 1 aromatic carbocycles. The molecule has 2 aliphatic carbocycles. The SMILES string of the molecule is COc1cc(C2C3=CCC4C(=O)N(C)C(=O)C4C3CC3C(=O)N(C)C(=O)C32)cc(I)c1O. The Kier molecular flexibility index (Phi) is 4.88. The number of fused-ring (bicyclic) bond motifs is 4. The Morgan fingerprint density at radius 3 is 2.22 bits per heavy atom. The molecule has 4 amide bonds. The zero-order chi connectivity index (χ0) is 23.1. The second kappa shape index (κ2) is 7.29. The lowest BCUT2D eigenvalue weighted by molar-refractivity contribution is -0.140. The molecule has 1 saturated carbocycles. The van der Waals surface area contributed by atoms with Gasteiger partial charge in [0.25, 0.3) is 0 Å². The maximum absolute atomic E-state index is 13.2. The molecule has 0 bridgehead atoms. The minimum atomic E-state index is -0.582. The Balaban J connectivity index is 1.69. The Morgan fingerprint density at radius 1 is 0.938 bits per heavy atom. The highest BCUT2D eigenvalue weighted by molar-refractivity contribution is 14.1. The van der Waals surface area contributed by atoms with Crippen LogP contribution in [-0.4, -0.2) is 59.7 Å². The molecule has 168 valence electrons. The molecule has 4 aliphatic rings. The van der Waals surface area contributed by atoms with Gasteiger partial charge < -0.3 is 9.84 Å². The number of ether oxygens (including phenoxy) is 1. The molecule has 3 fully saturated rings. The van der Waals surface area contributed by atoms with E-state index in [2.05, 4.69) is 0 Å². The number of rotatable bonds is 2. The molecule has 0 spiro atoms. The molecule has 6 unspecified atom stereocenters. The van der Waals surface area contributed by atoms with Gasteiger partial charge >= 0.3 is 0 Å². The Labute approximate surface area is 198 Å². The maximum Gasteiger partial charge on any atom is 0.233 e. The average molecular weight is 550 g/mol. The van der Waals surface area contributed by atoms with Crippen LogP contribution in [0.4, 0.5) is 0 Å². The van der Waals surface area contributed by atoms with Crippen LogP contribution in [0.5, 0.6) is 11.5 Å². The summed E-state index contributed by atoms with van der Waals surface area (Å²) in [6.45, 7) is 0. The van der Waals surface area contributed by atoms with Crippen molar-refractivity contribution in [1.82, 2.24) is 9.80 Å². The quantitative estimate of drug-likeness (QED) is 0.343. The predicted molar refractivity (Wildman–Crippen MR) is 120 cm³/mol. The van der Waals surface area contributed by atoms with E-state index in [0.29, 0.717) is 16.4 Å². The van der Waals surface area contributed by atoms with E-state index in [-0.39, 0.29) is 41.0 Å². The Hall–Kier alpha value is -2.43. The number of halogens is 1. The van der Waals surface area contributed by atoms with E-state index >= 15 is 0 Å². The van der Waals surface area contributed by atoms with Gasteiger partial charge in [-0.3, -0.25) is 29.0 Å². The minimum Gasteiger partial charge on any atom is -0.504 e. The van der Waals surface area contributed by atoms with Gasteiger partial charge in [0.1, 0.15) is 0 Å². The maximum atomic E-state index is 13.2. The van der Waals surface area contributed by atoms with E-state index in [4.69, 9.17) is 4.74 Å². The molecule has 2 heterocycles. The van der Waals surface area contributed by atoms with Gasteiger partial charge in [-0.2, -0.15) is 0 Å². The predicted octanol–water partition coefficient (Wildman–Crippen LogP) is 1.90. The van der Waals surface area contributed by atoms with E-state index < -0.39 is 29.6 Å². The summed E-state index contributed by atoms with van der Waals surface area (Å²) >= 11 is 2.01. The standard InChI is InChI=1S/C23H23IN2O6/c1-25-20(28)11-5-4-10-12(17(11)22(25)30)8-13-18(23(31)26(2)21(13)29)16(10)9-6-14(24)19(27)15(7-9)32-3/h4,6-7,11-13,16-18,27H,5,8H2,1-3H3. The third-order valence-corrected chi connectivity index (χ3v) is 8.54. The van der Waals surface area contributed by atoms with Crippen molar-refractivity contribution in [3.8, 4) is 11.5 Å². The molecular weight excluding hydrogens is 527 g/mol. The van der Waals surface area contributed by atoms with Crippen molar-refractivity contribution in [2.75, 3.05) is 21.2 Å². The van der Waals surface area contributed by atoms with Gasteiger partial charge in [-0.15, -0.1) is 0 Å². The number of carbonyl (C=O) groups excluding carboxylic acids is 4. The average Bonchev–Trinajstić information content (AvgIpc) is 3.14. The van der Waals surface area contributed by atoms with Gasteiger partial charge in [-0.05, 0) is 59.0 Å². The number of allylic oxidation sites excluding steroid dienone is 2. The van der Waals surface area contributed by atoms with Gasteiger partial charge in [0.05, 0.1) is 34.4 Å². The number of hydrogen-bond acceptors (Lipinski definition) is 6. The molecule has 1 aromatic rings. The molecule has 9 heteroatoms. The highest BCUT2D eigenvalue weighted by atomic mass is 127. The molecule has 32 heavy (non-hydrogen) atoms. The molecule has 5 rings (SSSR count). The number of phenols is 1. The highest BCUT2D eigenvalue weighted by Gasteiger charge is 2.61. The van der Waals surface area contributed by atoms with Crippen molar-refractivity contribution in [2.45, 2.75) is 18.8 Å². The Bertz CT molecular complexity index is 1110. The van der Waals surface area contributed by atoms with Crippen LogP contribution in [-0.2, 0) is 19.2 Å². The fourth-order valence-electron chi connectivity index (χ4n) is 6.21. The zero-order valence-corrected chi connectivity index (χ0v) is 20.0. The first-order chi connectivity index (χ1) is 15.2. The van der Waals surface area contributed by atoms with Gasteiger partial charge in [0.15, 0.2) is 11.5 Å². The van der Waals surface area contributed by atoms with Crippen LogP contribution in [0.2, 0.25) is 0 Å². The van der Waals surface area contributed by atoms with E-state index in [0.717, 1.165) is 11.1 Å². The normalized spacial score (nSPS) is 33.8. The van der Waals surface area contributed by atoms with Crippen LogP contribution in [0.3, 0.4) is 0 Å². The van der Waals surface area contributed by atoms with Crippen molar-refractivity contribution in [1.29, 1.82) is 0 Å². The van der Waals surface area contributed by atoms with Gasteiger partial charge in [0.2, 0.25) is 23.6 Å². The van der Waals surface area contributed by atoms with Crippen molar-refractivity contribution < 1.29 is 29.0 Å². The van der Waals surface area contributed by atoms with Gasteiger partial charge in [-0.25, -0.2) is 0 Å². The molecular formula is C23H23IN2O6. The number of nitrogens with zero attached hydrogens (tertiary/aromatic N) is 2. The number of benzene rings is 1. The largest absolute Gasteiger partial charge is 0.504 e. The van der Waals surface area contributed by atoms with Crippen LogP contribution in [0.1, 0.15) is 24.3 Å². The number of hydrogen-bond donors (Lipinski definition) is 1. The lowest BCUT2D eigenvalue weighted by atomic mass is 9.57. The summed E-state index contributed by atoms with van der Waals surface area (Å²) in [6.07, 6.45) is 2.81. The monoisotopic (exact) mass is 550 g/mol. The van der Waals surface area contributed by atoms with Crippen LogP contribution in [0.25, 0.3) is 0 Å². The van der Waals surface area contributed by atoms with Crippen molar-refractivity contribution in [3.05, 3.63) is 32.9 Å². The van der Waals surface area contributed by atoms with Crippen LogP contribution in [0, 0.1) is 33.2 Å². The second-order valence-electron chi connectivity index (χ2n) is 9.05. The summed E-state index contributed by atoms with van der Waals surface area (Å²) in [7, 11) is 4.47. The lowest BCUT2D eigenvalue weighted by Gasteiger charge is -2.44. The molecule has 2 saturated heterocycles. The zero-order valence-electron chi connectivity index (χ0n) is 17.9. The molecule has 2 aliphatic heterocycles. The first kappa shape index (κ1) is 21.4. The van der Waals surface area contributed by atoms with Crippen LogP contribution < -0.4 is 4.74 Å². The van der Waals surface area contributed by atoms with E-state index in [1.54, 1.807) is 12.1 Å². The molecule has 0 aromatic heterocycles. The number of imide groups is 2. The van der Waals surface area contributed by atoms with Crippen molar-refractivity contribution in [3.63, 3.8) is 0 Å². The highest BCUT2D eigenvalue weighted by Crippen LogP contribution is 2.58. The summed E-state index contributed by atoms with van der Waals surface area (Å²) in [4.78, 5) is 54.2. The molecule has 8 nitrogen and oxygen atoms in total. The van der Waals surface area contributed by atoms with E-state index in [9.17, 15) is 24.3 Å². The lowest BCUT2D eigenvalue weighted by Crippen LogP contribution is -2.43. The number of methoxy groups -OCH3 is 1. The first-order valence-corrected chi connectivity index (χ1v) is 11.6. The summed E-state index contributed by atoms with van der Waals surface area (Å²) in [5.41, 5.74) is 1.69. The number of amides is 4. The third-order valence-electron chi connectivity index (χ3n) is 7.72. The first-order valence-electron chi connectivity index (χ1n) is 10.6. The molecule has 6 atom stereocenters. The molecule has 1 N–H and O–H groups in total.